The number of hydrogen-bond acceptors (Lipinski definition) is 2. The highest BCUT2D eigenvalue weighted by atomic mass is 16.5. The fourth-order valence-electron chi connectivity index (χ4n) is 2.67. The molecule has 1 aromatic carbocycles. The van der Waals surface area contributed by atoms with Crippen molar-refractivity contribution in [1.82, 2.24) is 0 Å². The summed E-state index contributed by atoms with van der Waals surface area (Å²) in [6.07, 6.45) is 2.60. The molecule has 0 atom stereocenters. The molecule has 20 heavy (non-hydrogen) atoms. The van der Waals surface area contributed by atoms with Gasteiger partial charge < -0.3 is 9.64 Å². The Morgan fingerprint density at radius 1 is 1.40 bits per heavy atom. The second kappa shape index (κ2) is 6.89. The van der Waals surface area contributed by atoms with E-state index in [2.05, 4.69) is 32.0 Å². The molecule has 0 N–H and O–H groups in total. The van der Waals surface area contributed by atoms with Gasteiger partial charge in [0.15, 0.2) is 0 Å². The number of anilines is 1. The Labute approximate surface area is 121 Å². The van der Waals surface area contributed by atoms with Gasteiger partial charge in [-0.3, -0.25) is 4.79 Å². The summed E-state index contributed by atoms with van der Waals surface area (Å²) in [4.78, 5) is 14.2. The molecule has 0 aliphatic carbocycles. The van der Waals surface area contributed by atoms with Crippen LogP contribution in [0.1, 0.15) is 50.7 Å². The molecular formula is C17H25NO2. The molecule has 0 radical (unpaired) electrons. The number of fused-ring (bicyclic) bond motifs is 1. The van der Waals surface area contributed by atoms with Crippen LogP contribution in [0.4, 0.5) is 5.69 Å². The molecule has 1 aliphatic rings. The first-order valence-corrected chi connectivity index (χ1v) is 7.64. The zero-order valence-electron chi connectivity index (χ0n) is 12.8. The third-order valence-corrected chi connectivity index (χ3v) is 3.85. The van der Waals surface area contributed by atoms with Crippen molar-refractivity contribution in [1.29, 1.82) is 0 Å². The molecule has 1 aromatic rings. The predicted octanol–water partition coefficient (Wildman–Crippen LogP) is 3.52. The number of nitrogens with zero attached hydrogens (tertiary/aromatic N) is 1. The van der Waals surface area contributed by atoms with Crippen LogP contribution in [0, 0.1) is 0 Å². The van der Waals surface area contributed by atoms with E-state index in [1.807, 2.05) is 11.8 Å². The minimum atomic E-state index is 0.177. The molecule has 1 heterocycles. The van der Waals surface area contributed by atoms with Gasteiger partial charge in [-0.25, -0.2) is 0 Å². The lowest BCUT2D eigenvalue weighted by Gasteiger charge is -2.30. The van der Waals surface area contributed by atoms with E-state index in [4.69, 9.17) is 4.74 Å². The van der Waals surface area contributed by atoms with Gasteiger partial charge in [0.25, 0.3) is 0 Å². The van der Waals surface area contributed by atoms with E-state index in [0.717, 1.165) is 25.1 Å². The summed E-state index contributed by atoms with van der Waals surface area (Å²) in [6.45, 7) is 8.38. The molecule has 0 unspecified atom stereocenters. The Kier molecular flexibility index (Phi) is 5.18. The van der Waals surface area contributed by atoms with E-state index in [1.54, 1.807) is 0 Å². The van der Waals surface area contributed by atoms with Gasteiger partial charge in [-0.05, 0) is 42.9 Å². The third-order valence-electron chi connectivity index (χ3n) is 3.85. The number of carbonyl (C=O) groups is 1. The minimum Gasteiger partial charge on any atom is -0.381 e. The smallest absolute Gasteiger partial charge is 0.229 e. The average molecular weight is 275 g/mol. The van der Waals surface area contributed by atoms with Crippen LogP contribution >= 0.6 is 0 Å². The average Bonchev–Trinajstić information content (AvgIpc) is 2.46. The molecule has 0 aromatic heterocycles. The standard InChI is InChI=1S/C17H25NO2/c1-4-20-11-9-17(19)18-10-5-6-15-12-14(13(2)3)7-8-16(15)18/h7-8,12-13H,4-6,9-11H2,1-3H3. The van der Waals surface area contributed by atoms with Crippen molar-refractivity contribution in [3.05, 3.63) is 29.3 Å². The monoisotopic (exact) mass is 275 g/mol. The van der Waals surface area contributed by atoms with Crippen molar-refractivity contribution in [3.63, 3.8) is 0 Å². The first-order valence-electron chi connectivity index (χ1n) is 7.64. The molecule has 1 amide bonds. The third kappa shape index (κ3) is 3.40. The molecular weight excluding hydrogens is 250 g/mol. The number of ether oxygens (including phenoxy) is 1. The largest absolute Gasteiger partial charge is 0.381 e. The second-order valence-corrected chi connectivity index (χ2v) is 5.64. The number of aryl methyl sites for hydroxylation is 1. The summed E-state index contributed by atoms with van der Waals surface area (Å²) >= 11 is 0. The van der Waals surface area contributed by atoms with Gasteiger partial charge in [-0.2, -0.15) is 0 Å². The van der Waals surface area contributed by atoms with Crippen LogP contribution in [0.15, 0.2) is 18.2 Å². The van der Waals surface area contributed by atoms with Crippen LogP contribution in [-0.4, -0.2) is 25.7 Å². The first-order chi connectivity index (χ1) is 9.63. The summed E-state index contributed by atoms with van der Waals surface area (Å²) in [5.41, 5.74) is 3.77. The molecule has 3 heteroatoms. The molecule has 0 spiro atoms. The second-order valence-electron chi connectivity index (χ2n) is 5.64. The van der Waals surface area contributed by atoms with Crippen LogP contribution in [0.2, 0.25) is 0 Å². The zero-order chi connectivity index (χ0) is 14.5. The summed E-state index contributed by atoms with van der Waals surface area (Å²) in [6, 6.07) is 6.53. The maximum atomic E-state index is 12.3. The van der Waals surface area contributed by atoms with Gasteiger partial charge in [-0.1, -0.05) is 26.0 Å². The molecule has 110 valence electrons. The Morgan fingerprint density at radius 2 is 2.20 bits per heavy atom. The van der Waals surface area contributed by atoms with Crippen molar-refractivity contribution in [2.24, 2.45) is 0 Å². The van der Waals surface area contributed by atoms with Crippen LogP contribution < -0.4 is 4.90 Å². The van der Waals surface area contributed by atoms with Crippen molar-refractivity contribution in [3.8, 4) is 0 Å². The summed E-state index contributed by atoms with van der Waals surface area (Å²) in [5.74, 6) is 0.709. The highest BCUT2D eigenvalue weighted by Crippen LogP contribution is 2.30. The number of rotatable bonds is 5. The quantitative estimate of drug-likeness (QED) is 0.770. The van der Waals surface area contributed by atoms with Gasteiger partial charge in [-0.15, -0.1) is 0 Å². The van der Waals surface area contributed by atoms with Crippen LogP contribution in [-0.2, 0) is 16.0 Å². The highest BCUT2D eigenvalue weighted by Gasteiger charge is 2.22. The lowest BCUT2D eigenvalue weighted by Crippen LogP contribution is -2.36. The van der Waals surface area contributed by atoms with Gasteiger partial charge in [0.1, 0.15) is 0 Å². The van der Waals surface area contributed by atoms with E-state index < -0.39 is 0 Å². The Balaban J connectivity index is 2.13. The topological polar surface area (TPSA) is 29.5 Å². The maximum Gasteiger partial charge on any atom is 0.229 e. The fourth-order valence-corrected chi connectivity index (χ4v) is 2.67. The highest BCUT2D eigenvalue weighted by molar-refractivity contribution is 5.94. The van der Waals surface area contributed by atoms with Crippen LogP contribution in [0.5, 0.6) is 0 Å². The Bertz CT molecular complexity index is 468. The Morgan fingerprint density at radius 3 is 2.90 bits per heavy atom. The number of amides is 1. The lowest BCUT2D eigenvalue weighted by molar-refractivity contribution is -0.119. The van der Waals surface area contributed by atoms with E-state index in [0.29, 0.717) is 25.6 Å². The normalized spacial score (nSPS) is 14.5. The van der Waals surface area contributed by atoms with Gasteiger partial charge in [0.05, 0.1) is 13.0 Å². The minimum absolute atomic E-state index is 0.177. The fraction of sp³-hybridized carbons (Fsp3) is 0.588. The molecule has 2 rings (SSSR count). The van der Waals surface area contributed by atoms with Crippen molar-refractivity contribution < 1.29 is 9.53 Å². The SMILES string of the molecule is CCOCCC(=O)N1CCCc2cc(C(C)C)ccc21. The molecule has 0 fully saturated rings. The number of carbonyl (C=O) groups excluding carboxylic acids is 1. The molecule has 0 saturated heterocycles. The molecule has 0 saturated carbocycles. The van der Waals surface area contributed by atoms with Crippen LogP contribution in [0.25, 0.3) is 0 Å². The zero-order valence-corrected chi connectivity index (χ0v) is 12.8. The van der Waals surface area contributed by atoms with E-state index in [-0.39, 0.29) is 5.91 Å². The van der Waals surface area contributed by atoms with Crippen molar-refractivity contribution >= 4 is 11.6 Å². The summed E-state index contributed by atoms with van der Waals surface area (Å²) in [5, 5.41) is 0. The summed E-state index contributed by atoms with van der Waals surface area (Å²) in [7, 11) is 0. The van der Waals surface area contributed by atoms with E-state index in [1.165, 1.54) is 11.1 Å². The van der Waals surface area contributed by atoms with E-state index in [9.17, 15) is 4.79 Å². The van der Waals surface area contributed by atoms with Crippen LogP contribution in [0.3, 0.4) is 0 Å². The lowest BCUT2D eigenvalue weighted by atomic mass is 9.94. The molecule has 1 aliphatic heterocycles. The van der Waals surface area contributed by atoms with E-state index >= 15 is 0 Å². The number of hydrogen-bond donors (Lipinski definition) is 0. The molecule has 3 nitrogen and oxygen atoms in total. The van der Waals surface area contributed by atoms with Crippen molar-refractivity contribution in [2.45, 2.75) is 46.0 Å². The predicted molar refractivity (Wildman–Crippen MR) is 82.3 cm³/mol. The van der Waals surface area contributed by atoms with Gasteiger partial charge in [0, 0.05) is 18.8 Å². The molecule has 0 bridgehead atoms. The Hall–Kier alpha value is -1.35. The first kappa shape index (κ1) is 15.0. The summed E-state index contributed by atoms with van der Waals surface area (Å²) < 4.78 is 5.29. The maximum absolute atomic E-state index is 12.3. The number of benzene rings is 1. The van der Waals surface area contributed by atoms with Gasteiger partial charge in [0.2, 0.25) is 5.91 Å². The van der Waals surface area contributed by atoms with Gasteiger partial charge >= 0.3 is 0 Å². The van der Waals surface area contributed by atoms with Crippen molar-refractivity contribution in [2.75, 3.05) is 24.7 Å².